The lowest BCUT2D eigenvalue weighted by atomic mass is 10.0. The Morgan fingerprint density at radius 1 is 1.19 bits per heavy atom. The van der Waals surface area contributed by atoms with Gasteiger partial charge < -0.3 is 9.53 Å². The van der Waals surface area contributed by atoms with Crippen molar-refractivity contribution < 1.29 is 18.8 Å². The third-order valence-corrected chi connectivity index (χ3v) is 10.2. The smallest absolute Gasteiger partial charge is 0.435 e. The van der Waals surface area contributed by atoms with Crippen LogP contribution in [0.5, 0.6) is 0 Å². The molecule has 0 spiro atoms. The molecule has 0 saturated carbocycles. The molecule has 0 radical (unpaired) electrons. The molecular formula is C16H34NO3Si+. The Hall–Kier alpha value is -0.393. The second kappa shape index (κ2) is 5.35. The van der Waals surface area contributed by atoms with Gasteiger partial charge in [-0.1, -0.05) is 20.8 Å². The Balaban J connectivity index is 3.03. The predicted molar refractivity (Wildman–Crippen MR) is 89.1 cm³/mol. The van der Waals surface area contributed by atoms with Gasteiger partial charge in [0.25, 0.3) is 0 Å². The van der Waals surface area contributed by atoms with E-state index < -0.39 is 14.4 Å². The molecule has 0 aromatic heterocycles. The lowest BCUT2D eigenvalue weighted by Crippen LogP contribution is -2.65. The molecule has 0 aromatic carbocycles. The molecule has 1 saturated heterocycles. The molecule has 0 bridgehead atoms. The number of rotatable bonds is 2. The molecule has 3 atom stereocenters. The largest absolute Gasteiger partial charge is 0.514 e. The number of hydrogen-bond acceptors (Lipinski definition) is 2. The van der Waals surface area contributed by atoms with Gasteiger partial charge in [0.2, 0.25) is 0 Å². The fourth-order valence-electron chi connectivity index (χ4n) is 3.30. The number of amides is 1. The Morgan fingerprint density at radius 2 is 1.67 bits per heavy atom. The number of carboxylic acid groups (broad SMARTS) is 1. The molecule has 124 valence electrons. The molecule has 0 aliphatic carbocycles. The topological polar surface area (TPSA) is 46.5 Å². The summed E-state index contributed by atoms with van der Waals surface area (Å²) in [7, 11) is -1.86. The highest BCUT2D eigenvalue weighted by atomic mass is 28.4. The van der Waals surface area contributed by atoms with Crippen LogP contribution in [-0.2, 0) is 4.43 Å². The quantitative estimate of drug-likeness (QED) is 0.604. The van der Waals surface area contributed by atoms with Gasteiger partial charge in [-0.2, -0.15) is 4.79 Å². The molecule has 21 heavy (non-hydrogen) atoms. The molecule has 1 heterocycles. The van der Waals surface area contributed by atoms with Crippen LogP contribution in [-0.4, -0.2) is 48.2 Å². The Bertz CT molecular complexity index is 409. The van der Waals surface area contributed by atoms with Crippen molar-refractivity contribution in [2.24, 2.45) is 0 Å². The van der Waals surface area contributed by atoms with Crippen molar-refractivity contribution in [2.45, 2.75) is 90.7 Å². The van der Waals surface area contributed by atoms with Crippen molar-refractivity contribution in [2.75, 3.05) is 6.54 Å². The summed E-state index contributed by atoms with van der Waals surface area (Å²) in [5, 5.41) is 10.0. The Kier molecular flexibility index (Phi) is 4.76. The van der Waals surface area contributed by atoms with E-state index in [0.29, 0.717) is 6.54 Å². The maximum absolute atomic E-state index is 12.0. The third-order valence-electron chi connectivity index (χ3n) is 5.65. The van der Waals surface area contributed by atoms with Crippen molar-refractivity contribution in [3.63, 3.8) is 0 Å². The molecule has 4 nitrogen and oxygen atoms in total. The van der Waals surface area contributed by atoms with E-state index in [2.05, 4.69) is 33.9 Å². The number of carbonyl (C=O) groups is 1. The number of likely N-dealkylation sites (tertiary alicyclic amines) is 1. The molecule has 1 rings (SSSR count). The highest BCUT2D eigenvalue weighted by Crippen LogP contribution is 2.42. The van der Waals surface area contributed by atoms with Gasteiger partial charge in [-0.05, 0) is 45.8 Å². The number of nitrogens with zero attached hydrogens (tertiary/aromatic N) is 1. The lowest BCUT2D eigenvalue weighted by Gasteiger charge is -2.44. The second-order valence-electron chi connectivity index (χ2n) is 9.09. The zero-order chi connectivity index (χ0) is 16.9. The second-order valence-corrected chi connectivity index (χ2v) is 13.8. The van der Waals surface area contributed by atoms with Crippen LogP contribution in [0.3, 0.4) is 0 Å². The summed E-state index contributed by atoms with van der Waals surface area (Å²) in [6, 6.07) is 0.0808. The first-order chi connectivity index (χ1) is 9.15. The minimum Gasteiger partial charge on any atom is -0.435 e. The first-order valence-electron chi connectivity index (χ1n) is 7.94. The fraction of sp³-hybridized carbons (Fsp3) is 0.938. The predicted octanol–water partition coefficient (Wildman–Crippen LogP) is 4.46. The monoisotopic (exact) mass is 316 g/mol. The first-order valence-corrected chi connectivity index (χ1v) is 10.8. The van der Waals surface area contributed by atoms with Crippen LogP contribution >= 0.6 is 0 Å². The maximum atomic E-state index is 12.0. The highest BCUT2D eigenvalue weighted by molar-refractivity contribution is 6.74. The maximum Gasteiger partial charge on any atom is 0.514 e. The van der Waals surface area contributed by atoms with E-state index in [0.717, 1.165) is 6.42 Å². The van der Waals surface area contributed by atoms with Gasteiger partial charge in [0.05, 0.1) is 6.04 Å². The van der Waals surface area contributed by atoms with Crippen molar-refractivity contribution in [3.05, 3.63) is 0 Å². The van der Waals surface area contributed by atoms with Crippen LogP contribution in [0.4, 0.5) is 4.79 Å². The summed E-state index contributed by atoms with van der Waals surface area (Å²) in [5.41, 5.74) is -0.323. The first kappa shape index (κ1) is 18.7. The molecule has 1 amide bonds. The molecule has 0 aromatic rings. The standard InChI is InChI=1S/C16H33NO3Si/c1-12-10-13(20-21(8,9)16(5,6)7)11-17(12,14(18)19)15(2,3)4/h12-13H,10-11H2,1-9H3/p+1/t12-,13-,17?/m0/s1. The zero-order valence-electron chi connectivity index (χ0n) is 15.3. The zero-order valence-corrected chi connectivity index (χ0v) is 16.3. The van der Waals surface area contributed by atoms with Crippen molar-refractivity contribution in [1.82, 2.24) is 0 Å². The summed E-state index contributed by atoms with van der Waals surface area (Å²) in [5.74, 6) is 0. The molecule has 1 fully saturated rings. The highest BCUT2D eigenvalue weighted by Gasteiger charge is 2.59. The van der Waals surface area contributed by atoms with Gasteiger partial charge in [0.1, 0.15) is 18.2 Å². The summed E-state index contributed by atoms with van der Waals surface area (Å²) in [4.78, 5) is 12.0. The average molecular weight is 317 g/mol. The summed E-state index contributed by atoms with van der Waals surface area (Å²) >= 11 is 0. The molecule has 5 heteroatoms. The number of quaternary nitrogens is 1. The molecule has 1 N–H and O–H groups in total. The van der Waals surface area contributed by atoms with E-state index in [1.165, 1.54) is 0 Å². The molecule has 1 unspecified atom stereocenters. The van der Waals surface area contributed by atoms with Gasteiger partial charge >= 0.3 is 6.09 Å². The summed E-state index contributed by atoms with van der Waals surface area (Å²) in [6.45, 7) is 19.8. The van der Waals surface area contributed by atoms with Crippen LogP contribution < -0.4 is 0 Å². The minimum atomic E-state index is -1.86. The lowest BCUT2D eigenvalue weighted by molar-refractivity contribution is -0.913. The van der Waals surface area contributed by atoms with Crippen LogP contribution in [0.25, 0.3) is 0 Å². The Labute approximate surface area is 131 Å². The van der Waals surface area contributed by atoms with E-state index in [4.69, 9.17) is 4.43 Å². The van der Waals surface area contributed by atoms with Crippen LogP contribution in [0.15, 0.2) is 0 Å². The van der Waals surface area contributed by atoms with E-state index >= 15 is 0 Å². The molecule has 1 aliphatic rings. The van der Waals surface area contributed by atoms with Gasteiger partial charge in [-0.15, -0.1) is 0 Å². The van der Waals surface area contributed by atoms with E-state index in [1.54, 1.807) is 0 Å². The van der Waals surface area contributed by atoms with Gasteiger partial charge in [-0.25, -0.2) is 4.48 Å². The SMILES string of the molecule is C[C@H]1C[C@H](O[Si](C)(C)C(C)(C)C)C[N+]1(C(=O)O)C(C)(C)C. The molecular weight excluding hydrogens is 282 g/mol. The summed E-state index contributed by atoms with van der Waals surface area (Å²) in [6.07, 6.45) is 0.156. The van der Waals surface area contributed by atoms with E-state index in [1.807, 2.05) is 27.7 Å². The number of hydrogen-bond donors (Lipinski definition) is 1. The van der Waals surface area contributed by atoms with E-state index in [-0.39, 0.29) is 27.2 Å². The summed E-state index contributed by atoms with van der Waals surface area (Å²) < 4.78 is 6.60. The van der Waals surface area contributed by atoms with Gasteiger partial charge in [0.15, 0.2) is 8.32 Å². The van der Waals surface area contributed by atoms with Gasteiger partial charge in [0, 0.05) is 6.42 Å². The normalized spacial score (nSPS) is 31.5. The third kappa shape index (κ3) is 3.20. The van der Waals surface area contributed by atoms with Crippen molar-refractivity contribution in [1.29, 1.82) is 0 Å². The minimum absolute atomic E-state index is 0.0521. The van der Waals surface area contributed by atoms with Crippen LogP contribution in [0.2, 0.25) is 18.1 Å². The Morgan fingerprint density at radius 3 is 1.95 bits per heavy atom. The van der Waals surface area contributed by atoms with Gasteiger partial charge in [-0.3, -0.25) is 0 Å². The van der Waals surface area contributed by atoms with Crippen molar-refractivity contribution >= 4 is 14.4 Å². The fourth-order valence-corrected chi connectivity index (χ4v) is 4.66. The average Bonchev–Trinajstić information content (AvgIpc) is 2.52. The molecule has 1 aliphatic heterocycles. The van der Waals surface area contributed by atoms with Crippen molar-refractivity contribution in [3.8, 4) is 0 Å². The van der Waals surface area contributed by atoms with E-state index in [9.17, 15) is 9.90 Å². The van der Waals surface area contributed by atoms with Crippen LogP contribution in [0.1, 0.15) is 54.9 Å². The van der Waals surface area contributed by atoms with Crippen LogP contribution in [0, 0.1) is 0 Å².